The molecule has 0 aromatic heterocycles. The van der Waals surface area contributed by atoms with Gasteiger partial charge in [0, 0.05) is 24.7 Å². The molecule has 0 heterocycles. The minimum absolute atomic E-state index is 0.0101. The van der Waals surface area contributed by atoms with E-state index in [1.165, 1.54) is 0 Å². The van der Waals surface area contributed by atoms with Gasteiger partial charge < -0.3 is 31.4 Å². The highest BCUT2D eigenvalue weighted by atomic mass is 19.1. The summed E-state index contributed by atoms with van der Waals surface area (Å²) in [6.45, 7) is 10.7. The number of amidine groups is 1. The van der Waals surface area contributed by atoms with E-state index in [2.05, 4.69) is 32.6 Å². The Morgan fingerprint density at radius 1 is 1.32 bits per heavy atom. The molecule has 0 bridgehead atoms. The fourth-order valence-corrected chi connectivity index (χ4v) is 2.02. The summed E-state index contributed by atoms with van der Waals surface area (Å²) in [7, 11) is 1.95. The van der Waals surface area contributed by atoms with Gasteiger partial charge in [-0.1, -0.05) is 27.4 Å². The number of rotatable bonds is 15. The lowest BCUT2D eigenvalue weighted by molar-refractivity contribution is -0.157. The van der Waals surface area contributed by atoms with Crippen LogP contribution in [0.1, 0.15) is 27.2 Å². The zero-order valence-electron chi connectivity index (χ0n) is 17.4. The van der Waals surface area contributed by atoms with Crippen molar-refractivity contribution < 1.29 is 19.8 Å². The monoisotopic (exact) mass is 407 g/mol. The number of aliphatic hydroxyl groups is 2. The molecule has 2 unspecified atom stereocenters. The standard InChI is InChI=1S/C17H38FN7O3/c1-6-13(4)21-16(20-8-9-24(5)7-2)14(18)15(19)22-23-17(27)12(3)10-25(28)11-26/h12,14-15,17,22-23,26-28H,4,6-11,19H2,1-3,5H3,(H,20,21)/t12-,14+,15?,17?/m0/s1. The fourth-order valence-electron chi connectivity index (χ4n) is 2.02. The second-order valence-electron chi connectivity index (χ2n) is 6.71. The van der Waals surface area contributed by atoms with Crippen molar-refractivity contribution in [3.63, 3.8) is 0 Å². The maximum absolute atomic E-state index is 14.8. The van der Waals surface area contributed by atoms with E-state index in [4.69, 9.17) is 10.8 Å². The lowest BCUT2D eigenvalue weighted by Gasteiger charge is -2.27. The number of aliphatic imine (C=N–C) groups is 1. The van der Waals surface area contributed by atoms with Crippen molar-refractivity contribution >= 4 is 5.84 Å². The van der Waals surface area contributed by atoms with Crippen molar-refractivity contribution in [3.05, 3.63) is 12.3 Å². The highest BCUT2D eigenvalue weighted by molar-refractivity contribution is 5.88. The summed E-state index contributed by atoms with van der Waals surface area (Å²) in [4.78, 5) is 6.34. The number of nitrogens with one attached hydrogen (secondary N) is 3. The van der Waals surface area contributed by atoms with E-state index in [1.54, 1.807) is 6.92 Å². The van der Waals surface area contributed by atoms with Gasteiger partial charge in [-0.2, -0.15) is 5.06 Å². The van der Waals surface area contributed by atoms with E-state index < -0.39 is 31.2 Å². The van der Waals surface area contributed by atoms with Crippen LogP contribution in [0.2, 0.25) is 0 Å². The molecule has 0 radical (unpaired) electrons. The number of alkyl halides is 1. The van der Waals surface area contributed by atoms with Crippen LogP contribution in [0, 0.1) is 5.92 Å². The Balaban J connectivity index is 4.79. The predicted molar refractivity (Wildman–Crippen MR) is 108 cm³/mol. The summed E-state index contributed by atoms with van der Waals surface area (Å²) in [5.41, 5.74) is 11.5. The summed E-state index contributed by atoms with van der Waals surface area (Å²) < 4.78 is 14.8. The molecule has 28 heavy (non-hydrogen) atoms. The molecule has 11 heteroatoms. The van der Waals surface area contributed by atoms with Crippen molar-refractivity contribution in [2.24, 2.45) is 16.6 Å². The van der Waals surface area contributed by atoms with Crippen molar-refractivity contribution in [2.75, 3.05) is 40.0 Å². The lowest BCUT2D eigenvalue weighted by Crippen LogP contribution is -2.59. The van der Waals surface area contributed by atoms with E-state index in [0.717, 1.165) is 6.54 Å². The quantitative estimate of drug-likeness (QED) is 0.0801. The molecule has 0 fully saturated rings. The van der Waals surface area contributed by atoms with Gasteiger partial charge in [-0.25, -0.2) is 15.2 Å². The van der Waals surface area contributed by atoms with Gasteiger partial charge in [0.15, 0.2) is 6.17 Å². The van der Waals surface area contributed by atoms with Crippen molar-refractivity contribution in [1.29, 1.82) is 0 Å². The number of hydrogen-bond donors (Lipinski definition) is 7. The number of hydroxylamine groups is 2. The molecule has 0 saturated heterocycles. The average molecular weight is 408 g/mol. The molecule has 0 aliphatic rings. The Labute approximate surface area is 167 Å². The van der Waals surface area contributed by atoms with Crippen LogP contribution in [0.3, 0.4) is 0 Å². The second kappa shape index (κ2) is 14.8. The first-order valence-corrected chi connectivity index (χ1v) is 9.47. The molecule has 8 N–H and O–H groups in total. The molecule has 0 aliphatic heterocycles. The lowest BCUT2D eigenvalue weighted by atomic mass is 10.1. The van der Waals surface area contributed by atoms with Gasteiger partial charge in [0.05, 0.1) is 6.54 Å². The molecule has 0 aromatic rings. The molecule has 0 aromatic carbocycles. The van der Waals surface area contributed by atoms with E-state index in [-0.39, 0.29) is 12.4 Å². The number of hydrogen-bond acceptors (Lipinski definition) is 9. The predicted octanol–water partition coefficient (Wildman–Crippen LogP) is -0.837. The maximum atomic E-state index is 14.8. The number of halogens is 1. The topological polar surface area (TPSA) is 142 Å². The van der Waals surface area contributed by atoms with Crippen LogP contribution in [0.25, 0.3) is 0 Å². The van der Waals surface area contributed by atoms with Crippen LogP contribution in [0.4, 0.5) is 4.39 Å². The summed E-state index contributed by atoms with van der Waals surface area (Å²) in [6, 6.07) is 0. The van der Waals surface area contributed by atoms with Crippen LogP contribution in [-0.4, -0.2) is 89.7 Å². The fraction of sp³-hybridized carbons (Fsp3) is 0.824. The van der Waals surface area contributed by atoms with E-state index in [0.29, 0.717) is 30.3 Å². The molecular weight excluding hydrogens is 369 g/mol. The number of nitrogens with two attached hydrogens (primary N) is 1. The van der Waals surface area contributed by atoms with Crippen LogP contribution in [0.5, 0.6) is 0 Å². The summed E-state index contributed by atoms with van der Waals surface area (Å²) in [6.07, 6.45) is -3.38. The highest BCUT2D eigenvalue weighted by Crippen LogP contribution is 2.04. The molecule has 166 valence electrons. The summed E-state index contributed by atoms with van der Waals surface area (Å²) >= 11 is 0. The average Bonchev–Trinajstić information content (AvgIpc) is 2.69. The molecule has 0 saturated carbocycles. The number of nitrogens with zero attached hydrogens (tertiary/aromatic N) is 3. The van der Waals surface area contributed by atoms with Gasteiger partial charge in [0.25, 0.3) is 0 Å². The first kappa shape index (κ1) is 26.8. The number of hydrazine groups is 1. The van der Waals surface area contributed by atoms with E-state index in [1.807, 2.05) is 20.9 Å². The Bertz CT molecular complexity index is 470. The van der Waals surface area contributed by atoms with Crippen LogP contribution in [-0.2, 0) is 0 Å². The van der Waals surface area contributed by atoms with Crippen LogP contribution in [0.15, 0.2) is 17.3 Å². The molecule has 0 spiro atoms. The smallest absolute Gasteiger partial charge is 0.186 e. The van der Waals surface area contributed by atoms with Crippen molar-refractivity contribution in [1.82, 2.24) is 26.1 Å². The Kier molecular flexibility index (Phi) is 14.1. The van der Waals surface area contributed by atoms with Gasteiger partial charge in [-0.05, 0) is 20.0 Å². The Hall–Kier alpha value is -1.18. The van der Waals surface area contributed by atoms with Gasteiger partial charge in [-0.15, -0.1) is 0 Å². The van der Waals surface area contributed by atoms with E-state index >= 15 is 0 Å². The zero-order valence-corrected chi connectivity index (χ0v) is 17.4. The number of aliphatic hydroxyl groups excluding tert-OH is 2. The van der Waals surface area contributed by atoms with Gasteiger partial charge >= 0.3 is 0 Å². The molecule has 10 nitrogen and oxygen atoms in total. The Morgan fingerprint density at radius 3 is 2.50 bits per heavy atom. The van der Waals surface area contributed by atoms with Gasteiger partial charge in [0.1, 0.15) is 25.0 Å². The van der Waals surface area contributed by atoms with Crippen LogP contribution < -0.4 is 21.9 Å². The van der Waals surface area contributed by atoms with Crippen LogP contribution >= 0.6 is 0 Å². The minimum atomic E-state index is -1.67. The third-order valence-corrected chi connectivity index (χ3v) is 4.21. The van der Waals surface area contributed by atoms with Crippen molar-refractivity contribution in [2.45, 2.75) is 45.8 Å². The highest BCUT2D eigenvalue weighted by Gasteiger charge is 2.25. The van der Waals surface area contributed by atoms with Gasteiger partial charge in [-0.3, -0.25) is 4.99 Å². The number of likely N-dealkylation sites (N-methyl/N-ethyl adjacent to an activating group) is 1. The molecule has 0 aliphatic carbocycles. The first-order valence-electron chi connectivity index (χ1n) is 9.47. The Morgan fingerprint density at radius 2 is 1.96 bits per heavy atom. The minimum Gasteiger partial charge on any atom is -0.379 e. The summed E-state index contributed by atoms with van der Waals surface area (Å²) in [5, 5.41) is 31.6. The summed E-state index contributed by atoms with van der Waals surface area (Å²) in [5.74, 6) is -0.395. The molecule has 0 amide bonds. The third kappa shape index (κ3) is 11.0. The normalized spacial score (nSPS) is 16.9. The van der Waals surface area contributed by atoms with Crippen molar-refractivity contribution in [3.8, 4) is 0 Å². The largest absolute Gasteiger partial charge is 0.379 e. The first-order chi connectivity index (χ1) is 13.2. The van der Waals surface area contributed by atoms with Gasteiger partial charge in [0.2, 0.25) is 0 Å². The zero-order chi connectivity index (χ0) is 21.7. The number of allylic oxidation sites excluding steroid dienone is 1. The second-order valence-corrected chi connectivity index (χ2v) is 6.71. The molecule has 0 rings (SSSR count). The maximum Gasteiger partial charge on any atom is 0.186 e. The third-order valence-electron chi connectivity index (χ3n) is 4.21. The van der Waals surface area contributed by atoms with E-state index in [9.17, 15) is 14.7 Å². The molecular formula is C17H38FN7O3. The molecule has 4 atom stereocenters. The SMILES string of the molecule is C=C(CC)NC(=NCCN(C)CC)[C@H](F)C(N)NNC(O)[C@@H](C)CN(O)CO.